The van der Waals surface area contributed by atoms with Gasteiger partial charge in [-0.3, -0.25) is 9.88 Å². The van der Waals surface area contributed by atoms with Crippen LogP contribution in [0.5, 0.6) is 0 Å². The van der Waals surface area contributed by atoms with Crippen molar-refractivity contribution in [3.63, 3.8) is 0 Å². The molecule has 0 aromatic carbocycles. The van der Waals surface area contributed by atoms with Crippen LogP contribution in [-0.4, -0.2) is 38.3 Å². The van der Waals surface area contributed by atoms with E-state index >= 15 is 0 Å². The molecule has 0 radical (unpaired) electrons. The van der Waals surface area contributed by atoms with Crippen LogP contribution >= 0.6 is 0 Å². The zero-order chi connectivity index (χ0) is 13.9. The largest absolute Gasteiger partial charge is 0.377 e. The SMILES string of the molecule is COCc1nnc2n1CCN(Cc1cccnc1)[C@H]2C. The van der Waals surface area contributed by atoms with E-state index in [0.717, 1.165) is 31.3 Å². The lowest BCUT2D eigenvalue weighted by Gasteiger charge is -2.33. The summed E-state index contributed by atoms with van der Waals surface area (Å²) in [5.41, 5.74) is 1.23. The highest BCUT2D eigenvalue weighted by atomic mass is 16.5. The van der Waals surface area contributed by atoms with Crippen molar-refractivity contribution in [1.29, 1.82) is 0 Å². The van der Waals surface area contributed by atoms with E-state index in [-0.39, 0.29) is 6.04 Å². The Balaban J connectivity index is 1.77. The average Bonchev–Trinajstić information content (AvgIpc) is 2.88. The van der Waals surface area contributed by atoms with Gasteiger partial charge in [0.1, 0.15) is 12.4 Å². The Morgan fingerprint density at radius 3 is 3.00 bits per heavy atom. The Bertz CT molecular complexity index is 568. The molecule has 106 valence electrons. The minimum atomic E-state index is 0.252. The zero-order valence-corrected chi connectivity index (χ0v) is 11.9. The summed E-state index contributed by atoms with van der Waals surface area (Å²) in [6.07, 6.45) is 3.72. The number of pyridine rings is 1. The van der Waals surface area contributed by atoms with Gasteiger partial charge in [0.15, 0.2) is 5.82 Å². The van der Waals surface area contributed by atoms with E-state index in [1.807, 2.05) is 12.3 Å². The van der Waals surface area contributed by atoms with Gasteiger partial charge in [-0.05, 0) is 18.6 Å². The maximum absolute atomic E-state index is 5.16. The van der Waals surface area contributed by atoms with E-state index in [2.05, 4.69) is 37.6 Å². The highest BCUT2D eigenvalue weighted by Gasteiger charge is 2.27. The summed E-state index contributed by atoms with van der Waals surface area (Å²) in [6.45, 7) is 5.47. The molecular weight excluding hydrogens is 254 g/mol. The molecule has 0 N–H and O–H groups in total. The van der Waals surface area contributed by atoms with Crippen molar-refractivity contribution >= 4 is 0 Å². The Morgan fingerprint density at radius 2 is 2.25 bits per heavy atom. The molecular formula is C14H19N5O. The second-order valence-electron chi connectivity index (χ2n) is 5.07. The Morgan fingerprint density at radius 1 is 1.35 bits per heavy atom. The maximum Gasteiger partial charge on any atom is 0.159 e. The zero-order valence-electron chi connectivity index (χ0n) is 11.9. The van der Waals surface area contributed by atoms with E-state index in [4.69, 9.17) is 4.74 Å². The van der Waals surface area contributed by atoms with Gasteiger partial charge in [0.2, 0.25) is 0 Å². The van der Waals surface area contributed by atoms with Gasteiger partial charge in [0, 0.05) is 39.1 Å². The number of aromatic nitrogens is 4. The molecule has 2 aromatic rings. The molecule has 1 aliphatic heterocycles. The van der Waals surface area contributed by atoms with Crippen LogP contribution in [0.1, 0.15) is 30.2 Å². The van der Waals surface area contributed by atoms with E-state index in [0.29, 0.717) is 6.61 Å². The number of methoxy groups -OCH3 is 1. The summed E-state index contributed by atoms with van der Waals surface area (Å²) in [5, 5.41) is 8.55. The third kappa shape index (κ3) is 2.44. The van der Waals surface area contributed by atoms with Crippen molar-refractivity contribution < 1.29 is 4.74 Å². The molecule has 0 saturated heterocycles. The maximum atomic E-state index is 5.16. The standard InChI is InChI=1S/C14H19N5O/c1-11-14-17-16-13(10-20-2)19(14)7-6-18(11)9-12-4-3-5-15-8-12/h3-5,8,11H,6-7,9-10H2,1-2H3/t11-/m0/s1. The summed E-state index contributed by atoms with van der Waals surface area (Å²) in [7, 11) is 1.68. The fourth-order valence-electron chi connectivity index (χ4n) is 2.67. The lowest BCUT2D eigenvalue weighted by molar-refractivity contribution is 0.143. The number of ether oxygens (including phenoxy) is 1. The van der Waals surface area contributed by atoms with Crippen molar-refractivity contribution in [2.75, 3.05) is 13.7 Å². The molecule has 0 amide bonds. The smallest absolute Gasteiger partial charge is 0.159 e. The van der Waals surface area contributed by atoms with Crippen LogP contribution in [0.4, 0.5) is 0 Å². The number of hydrogen-bond donors (Lipinski definition) is 0. The van der Waals surface area contributed by atoms with Gasteiger partial charge in [-0.15, -0.1) is 10.2 Å². The molecule has 2 aromatic heterocycles. The van der Waals surface area contributed by atoms with Crippen molar-refractivity contribution in [2.24, 2.45) is 0 Å². The molecule has 1 atom stereocenters. The summed E-state index contributed by atoms with van der Waals surface area (Å²) in [5.74, 6) is 1.93. The molecule has 1 aliphatic rings. The van der Waals surface area contributed by atoms with Gasteiger partial charge in [0.25, 0.3) is 0 Å². The van der Waals surface area contributed by atoms with E-state index in [1.54, 1.807) is 13.3 Å². The van der Waals surface area contributed by atoms with Gasteiger partial charge in [0.05, 0.1) is 6.04 Å². The van der Waals surface area contributed by atoms with Crippen LogP contribution in [0.25, 0.3) is 0 Å². The predicted molar refractivity (Wildman–Crippen MR) is 73.8 cm³/mol. The van der Waals surface area contributed by atoms with Gasteiger partial charge in [-0.25, -0.2) is 0 Å². The first-order chi connectivity index (χ1) is 9.79. The molecule has 20 heavy (non-hydrogen) atoms. The predicted octanol–water partition coefficient (Wildman–Crippen LogP) is 1.40. The highest BCUT2D eigenvalue weighted by molar-refractivity contribution is 5.10. The van der Waals surface area contributed by atoms with Crippen LogP contribution in [0.15, 0.2) is 24.5 Å². The molecule has 0 aliphatic carbocycles. The highest BCUT2D eigenvalue weighted by Crippen LogP contribution is 2.25. The van der Waals surface area contributed by atoms with Gasteiger partial charge >= 0.3 is 0 Å². The van der Waals surface area contributed by atoms with E-state index in [1.165, 1.54) is 5.56 Å². The van der Waals surface area contributed by atoms with Crippen LogP contribution in [0, 0.1) is 0 Å². The van der Waals surface area contributed by atoms with Crippen LogP contribution < -0.4 is 0 Å². The monoisotopic (exact) mass is 273 g/mol. The van der Waals surface area contributed by atoms with Gasteiger partial charge < -0.3 is 9.30 Å². The normalized spacial score (nSPS) is 19.0. The minimum Gasteiger partial charge on any atom is -0.377 e. The first-order valence-corrected chi connectivity index (χ1v) is 6.83. The average molecular weight is 273 g/mol. The van der Waals surface area contributed by atoms with Crippen LogP contribution in [0.3, 0.4) is 0 Å². The number of rotatable bonds is 4. The number of fused-ring (bicyclic) bond motifs is 1. The van der Waals surface area contributed by atoms with Crippen molar-refractivity contribution in [2.45, 2.75) is 32.7 Å². The summed E-state index contributed by atoms with van der Waals surface area (Å²) in [6, 6.07) is 4.33. The van der Waals surface area contributed by atoms with Gasteiger partial charge in [-0.1, -0.05) is 6.07 Å². The second kappa shape index (κ2) is 5.68. The molecule has 0 unspecified atom stereocenters. The first-order valence-electron chi connectivity index (χ1n) is 6.83. The molecule has 0 bridgehead atoms. The summed E-state index contributed by atoms with van der Waals surface area (Å²) >= 11 is 0. The third-order valence-corrected chi connectivity index (χ3v) is 3.77. The number of hydrogen-bond acceptors (Lipinski definition) is 5. The van der Waals surface area contributed by atoms with E-state index in [9.17, 15) is 0 Å². The summed E-state index contributed by atoms with van der Waals surface area (Å²) in [4.78, 5) is 6.57. The molecule has 0 saturated carbocycles. The van der Waals surface area contributed by atoms with Crippen molar-refractivity contribution in [3.05, 3.63) is 41.7 Å². The molecule has 0 spiro atoms. The fraction of sp³-hybridized carbons (Fsp3) is 0.500. The van der Waals surface area contributed by atoms with Crippen LogP contribution in [0.2, 0.25) is 0 Å². The third-order valence-electron chi connectivity index (χ3n) is 3.77. The number of nitrogens with zero attached hydrogens (tertiary/aromatic N) is 5. The van der Waals surface area contributed by atoms with E-state index < -0.39 is 0 Å². The quantitative estimate of drug-likeness (QED) is 0.842. The fourth-order valence-corrected chi connectivity index (χ4v) is 2.67. The Kier molecular flexibility index (Phi) is 3.75. The lowest BCUT2D eigenvalue weighted by Crippen LogP contribution is -2.37. The summed E-state index contributed by atoms with van der Waals surface area (Å²) < 4.78 is 7.34. The topological polar surface area (TPSA) is 56.1 Å². The molecule has 0 fully saturated rings. The second-order valence-corrected chi connectivity index (χ2v) is 5.07. The molecule has 6 nitrogen and oxygen atoms in total. The molecule has 3 rings (SSSR count). The Labute approximate surface area is 118 Å². The molecule has 6 heteroatoms. The Hall–Kier alpha value is -1.79. The minimum absolute atomic E-state index is 0.252. The van der Waals surface area contributed by atoms with Gasteiger partial charge in [-0.2, -0.15) is 0 Å². The van der Waals surface area contributed by atoms with Crippen molar-refractivity contribution in [1.82, 2.24) is 24.6 Å². The first kappa shape index (κ1) is 13.2. The van der Waals surface area contributed by atoms with Crippen LogP contribution in [-0.2, 0) is 24.4 Å². The molecule has 3 heterocycles. The van der Waals surface area contributed by atoms with Crippen molar-refractivity contribution in [3.8, 4) is 0 Å². The lowest BCUT2D eigenvalue weighted by atomic mass is 10.1.